The lowest BCUT2D eigenvalue weighted by Gasteiger charge is -2.38. The number of hydrogen-bond donors (Lipinski definition) is 0. The van der Waals surface area contributed by atoms with Gasteiger partial charge < -0.3 is 27.7 Å². The van der Waals surface area contributed by atoms with E-state index < -0.39 is 45.4 Å². The topological polar surface area (TPSA) is 89.5 Å². The van der Waals surface area contributed by atoms with Crippen LogP contribution in [-0.4, -0.2) is 57.6 Å². The number of carbonyl (C=O) groups is 1. The van der Waals surface area contributed by atoms with Gasteiger partial charge >= 0.3 is 13.6 Å². The Morgan fingerprint density at radius 3 is 1.83 bits per heavy atom. The quantitative estimate of drug-likeness (QED) is 0.104. The van der Waals surface area contributed by atoms with Crippen LogP contribution in [0.2, 0.25) is 18.1 Å². The van der Waals surface area contributed by atoms with Gasteiger partial charge in [0.15, 0.2) is 14.0 Å². The molecule has 0 aromatic heterocycles. The Bertz CT molecular complexity index is 965. The number of carbonyl (C=O) groups excluding carboxylic acids is 1. The van der Waals surface area contributed by atoms with E-state index in [9.17, 15) is 9.36 Å². The minimum atomic E-state index is -3.92. The Hall–Kier alpha value is -1.22. The van der Waals surface area contributed by atoms with Gasteiger partial charge in [0.25, 0.3) is 0 Å². The average molecular weight is 617 g/mol. The molecule has 0 fully saturated rings. The molecule has 0 unspecified atom stereocenters. The Balaban J connectivity index is 3.39. The van der Waals surface area contributed by atoms with Gasteiger partial charge in [-0.2, -0.15) is 0 Å². The number of esters is 1. The van der Waals surface area contributed by atoms with E-state index >= 15 is 0 Å². The van der Waals surface area contributed by atoms with Crippen molar-refractivity contribution in [2.45, 2.75) is 137 Å². The molecule has 0 heterocycles. The van der Waals surface area contributed by atoms with Gasteiger partial charge in [0.05, 0.1) is 38.6 Å². The third-order valence-electron chi connectivity index (χ3n) is 7.04. The maximum absolute atomic E-state index is 14.3. The Kier molecular flexibility index (Phi) is 14.3. The van der Waals surface area contributed by atoms with Crippen molar-refractivity contribution in [3.8, 4) is 5.75 Å². The number of ether oxygens (including phenoxy) is 3. The second-order valence-electron chi connectivity index (χ2n) is 13.9. The molecule has 8 nitrogen and oxygen atoms in total. The van der Waals surface area contributed by atoms with Crippen LogP contribution in [0.3, 0.4) is 0 Å². The smallest absolute Gasteiger partial charge is 0.345 e. The van der Waals surface area contributed by atoms with Crippen LogP contribution in [0.5, 0.6) is 5.75 Å². The zero-order valence-corrected chi connectivity index (χ0v) is 29.9. The molecule has 0 saturated heterocycles. The summed E-state index contributed by atoms with van der Waals surface area (Å²) in [6.07, 6.45) is -1.03. The summed E-state index contributed by atoms with van der Waals surface area (Å²) in [6, 6.07) is 7.70. The highest BCUT2D eigenvalue weighted by molar-refractivity contribution is 7.55. The van der Waals surface area contributed by atoms with Gasteiger partial charge in [-0.15, -0.1) is 0 Å². The highest BCUT2D eigenvalue weighted by Crippen LogP contribution is 2.57. The summed E-state index contributed by atoms with van der Waals surface area (Å²) in [5, 5.41) is 0.0156. The minimum Gasteiger partial charge on any atom is -0.497 e. The third kappa shape index (κ3) is 12.9. The van der Waals surface area contributed by atoms with Crippen molar-refractivity contribution in [1.29, 1.82) is 0 Å². The summed E-state index contributed by atoms with van der Waals surface area (Å²) >= 11 is 0. The highest BCUT2D eigenvalue weighted by atomic mass is 31.2. The predicted octanol–water partition coefficient (Wildman–Crippen LogP) is 8.38. The van der Waals surface area contributed by atoms with Crippen LogP contribution < -0.4 is 4.74 Å². The van der Waals surface area contributed by atoms with Crippen LogP contribution in [-0.2, 0) is 38.9 Å². The zero-order valence-electron chi connectivity index (χ0n) is 28.0. The van der Waals surface area contributed by atoms with Crippen molar-refractivity contribution in [3.05, 3.63) is 29.8 Å². The molecule has 1 rings (SSSR count). The fourth-order valence-electron chi connectivity index (χ4n) is 3.80. The lowest BCUT2D eigenvalue weighted by molar-refractivity contribution is -0.155. The molecule has 0 radical (unpaired) electrons. The monoisotopic (exact) mass is 616 g/mol. The molecule has 0 saturated carbocycles. The normalized spacial score (nSPS) is 15.6. The van der Waals surface area contributed by atoms with Crippen LogP contribution in [0.1, 0.15) is 88.1 Å². The number of methoxy groups -OCH3 is 1. The molecule has 0 aliphatic carbocycles. The molecule has 0 bridgehead atoms. The van der Waals surface area contributed by atoms with E-state index in [4.69, 9.17) is 27.7 Å². The summed E-state index contributed by atoms with van der Waals surface area (Å²) in [5.74, 6) is -0.0743. The Morgan fingerprint density at radius 1 is 0.902 bits per heavy atom. The first-order chi connectivity index (χ1) is 18.6. The summed E-state index contributed by atoms with van der Waals surface area (Å²) < 4.78 is 50.1. The lowest BCUT2D eigenvalue weighted by atomic mass is 9.98. The summed E-state index contributed by atoms with van der Waals surface area (Å²) in [4.78, 5) is 13.6. The first-order valence-corrected chi connectivity index (χ1v) is 19.2. The number of rotatable bonds is 16. The molecule has 41 heavy (non-hydrogen) atoms. The molecule has 3 atom stereocenters. The Labute approximate surface area is 250 Å². The minimum absolute atomic E-state index is 0.0156. The summed E-state index contributed by atoms with van der Waals surface area (Å²) in [5.41, 5.74) is -0.910. The number of benzene rings is 1. The summed E-state index contributed by atoms with van der Waals surface area (Å²) in [6.45, 7) is 26.1. The van der Waals surface area contributed by atoms with Crippen LogP contribution in [0, 0.1) is 5.92 Å². The van der Waals surface area contributed by atoms with Gasteiger partial charge in [0, 0.05) is 0 Å². The molecule has 1 aromatic carbocycles. The molecule has 0 spiro atoms. The lowest BCUT2D eigenvalue weighted by Crippen LogP contribution is -2.44. The van der Waals surface area contributed by atoms with E-state index in [-0.39, 0.29) is 23.5 Å². The van der Waals surface area contributed by atoms with Gasteiger partial charge in [-0.1, -0.05) is 39.8 Å². The van der Waals surface area contributed by atoms with E-state index in [1.54, 1.807) is 55.6 Å². The van der Waals surface area contributed by atoms with Gasteiger partial charge in [0.1, 0.15) is 11.4 Å². The number of hydrogen-bond acceptors (Lipinski definition) is 8. The Morgan fingerprint density at radius 2 is 1.41 bits per heavy atom. The fourth-order valence-corrected chi connectivity index (χ4v) is 7.23. The predicted molar refractivity (Wildman–Crippen MR) is 168 cm³/mol. The molecular formula is C31H57O8PSi. The van der Waals surface area contributed by atoms with Crippen molar-refractivity contribution < 1.29 is 37.0 Å². The van der Waals surface area contributed by atoms with Crippen molar-refractivity contribution in [2.24, 2.45) is 5.92 Å². The van der Waals surface area contributed by atoms with Crippen molar-refractivity contribution in [2.75, 3.05) is 13.7 Å². The van der Waals surface area contributed by atoms with Crippen LogP contribution in [0.25, 0.3) is 0 Å². The SMILES string of the molecule is COc1ccc(CO[C@H](CO[Si](C)(C)C(C)(C)C)[C@@H](C)C[C@@H](C(=O)OC(C)(C)C)P(=O)(OC(C)C)OC(C)C)cc1. The molecule has 10 heteroatoms. The van der Waals surface area contributed by atoms with Gasteiger partial charge in [-0.25, -0.2) is 0 Å². The molecule has 0 amide bonds. The van der Waals surface area contributed by atoms with E-state index in [1.807, 2.05) is 31.2 Å². The standard InChI is InChI=1S/C31H57O8PSi/c1-22(2)38-40(33,39-23(3)4)28(29(32)37-30(6,7)8)19-24(5)27(21-36-41(13,14)31(9,10)11)35-20-25-15-17-26(34-12)18-16-25/h15-18,22-24,27-28H,19-21H2,1-14H3/t24-,27+,28-/m0/s1. The van der Waals surface area contributed by atoms with Crippen LogP contribution in [0.15, 0.2) is 24.3 Å². The molecule has 0 N–H and O–H groups in total. The maximum atomic E-state index is 14.3. The molecule has 0 aliphatic rings. The summed E-state index contributed by atoms with van der Waals surface area (Å²) in [7, 11) is -4.39. The first kappa shape index (κ1) is 37.8. The van der Waals surface area contributed by atoms with Gasteiger partial charge in [-0.05, 0) is 96.6 Å². The molecular weight excluding hydrogens is 559 g/mol. The molecule has 238 valence electrons. The maximum Gasteiger partial charge on any atom is 0.345 e. The van der Waals surface area contributed by atoms with Crippen molar-refractivity contribution in [1.82, 2.24) is 0 Å². The van der Waals surface area contributed by atoms with Crippen molar-refractivity contribution in [3.63, 3.8) is 0 Å². The first-order valence-electron chi connectivity index (χ1n) is 14.7. The van der Waals surface area contributed by atoms with E-state index in [1.165, 1.54) is 0 Å². The molecule has 1 aromatic rings. The van der Waals surface area contributed by atoms with Crippen molar-refractivity contribution >= 4 is 21.9 Å². The van der Waals surface area contributed by atoms with E-state index in [0.29, 0.717) is 13.2 Å². The highest BCUT2D eigenvalue weighted by Gasteiger charge is 2.47. The van der Waals surface area contributed by atoms with E-state index in [2.05, 4.69) is 33.9 Å². The van der Waals surface area contributed by atoms with Crippen LogP contribution in [0.4, 0.5) is 0 Å². The second-order valence-corrected chi connectivity index (χ2v) is 20.8. The second kappa shape index (κ2) is 15.5. The van der Waals surface area contributed by atoms with Gasteiger partial charge in [-0.3, -0.25) is 9.36 Å². The zero-order chi connectivity index (χ0) is 31.8. The molecule has 0 aliphatic heterocycles. The van der Waals surface area contributed by atoms with E-state index in [0.717, 1.165) is 11.3 Å². The average Bonchev–Trinajstić information content (AvgIpc) is 2.79. The fraction of sp³-hybridized carbons (Fsp3) is 0.774. The third-order valence-corrected chi connectivity index (χ3v) is 14.2. The van der Waals surface area contributed by atoms with Gasteiger partial charge in [0.2, 0.25) is 0 Å². The largest absolute Gasteiger partial charge is 0.497 e. The van der Waals surface area contributed by atoms with Crippen LogP contribution >= 0.6 is 7.60 Å².